The van der Waals surface area contributed by atoms with Crippen molar-refractivity contribution in [1.82, 2.24) is 0 Å². The van der Waals surface area contributed by atoms with Crippen molar-refractivity contribution in [3.05, 3.63) is 6.92 Å². The van der Waals surface area contributed by atoms with E-state index in [-0.39, 0.29) is 110 Å². The van der Waals surface area contributed by atoms with Gasteiger partial charge in [0, 0.05) is 10.4 Å². The molecular weight excluding hydrogens is 325 g/mol. The van der Waals surface area contributed by atoms with Crippen molar-refractivity contribution in [2.45, 2.75) is 71.1 Å². The SMILES string of the molecule is O=S(=O)([O-])[O-].[CH2-]CCCCCCCCCCC.[K+].[Na+].[Na+]. The van der Waals surface area contributed by atoms with E-state index in [1.165, 1.54) is 57.8 Å². The molecule has 20 heavy (non-hydrogen) atoms. The molecule has 0 amide bonds. The molecule has 0 radical (unpaired) electrons. The summed E-state index contributed by atoms with van der Waals surface area (Å²) < 4.78 is 34.1. The molecule has 0 rings (SSSR count). The van der Waals surface area contributed by atoms with Gasteiger partial charge in [0.05, 0.1) is 0 Å². The van der Waals surface area contributed by atoms with Gasteiger partial charge >= 0.3 is 110 Å². The van der Waals surface area contributed by atoms with Gasteiger partial charge in [-0.15, -0.1) is 0 Å². The summed E-state index contributed by atoms with van der Waals surface area (Å²) in [5, 5.41) is 0. The fourth-order valence-corrected chi connectivity index (χ4v) is 1.49. The number of unbranched alkanes of at least 4 members (excludes halogenated alkanes) is 9. The van der Waals surface area contributed by atoms with Gasteiger partial charge in [-0.1, -0.05) is 64.7 Å². The zero-order chi connectivity index (χ0) is 13.6. The monoisotopic (exact) mass is 350 g/mol. The summed E-state index contributed by atoms with van der Waals surface area (Å²) in [6, 6.07) is 0. The molecule has 0 atom stereocenters. The van der Waals surface area contributed by atoms with Gasteiger partial charge in [-0.2, -0.15) is 6.42 Å². The first-order valence-electron chi connectivity index (χ1n) is 6.37. The summed E-state index contributed by atoms with van der Waals surface area (Å²) in [5.41, 5.74) is 0. The standard InChI is InChI=1S/C12H25.K.2Na.H2O4S/c1-3-5-7-9-11-12-10-8-6-4-2;;;;1-5(2,3)4/h1,3-12H2,2H3;;;;(H2,1,2,3,4)/q-1;3*+1;/p-2. The summed E-state index contributed by atoms with van der Waals surface area (Å²) in [7, 11) is -5.17. The normalized spacial score (nSPS) is 9.20. The van der Waals surface area contributed by atoms with Gasteiger partial charge in [-0.3, -0.25) is 8.42 Å². The van der Waals surface area contributed by atoms with Crippen molar-refractivity contribution in [1.29, 1.82) is 0 Å². The first kappa shape index (κ1) is 34.8. The summed E-state index contributed by atoms with van der Waals surface area (Å²) in [5.74, 6) is 0. The molecular formula is C12H25KNa2O4S. The maximum atomic E-state index is 8.52. The third-order valence-electron chi connectivity index (χ3n) is 2.35. The second-order valence-electron chi connectivity index (χ2n) is 4.09. The van der Waals surface area contributed by atoms with Crippen LogP contribution < -0.4 is 110 Å². The van der Waals surface area contributed by atoms with Gasteiger partial charge in [-0.25, -0.2) is 0 Å². The van der Waals surface area contributed by atoms with Gasteiger partial charge in [0.1, 0.15) is 0 Å². The molecule has 0 aliphatic heterocycles. The maximum absolute atomic E-state index is 8.52. The molecule has 0 N–H and O–H groups in total. The fraction of sp³-hybridized carbons (Fsp3) is 0.917. The Kier molecular flexibility index (Phi) is 47.6. The first-order chi connectivity index (χ1) is 7.91. The van der Waals surface area contributed by atoms with E-state index < -0.39 is 10.4 Å². The van der Waals surface area contributed by atoms with Crippen LogP contribution in [0.5, 0.6) is 0 Å². The van der Waals surface area contributed by atoms with Crippen LogP contribution in [0.3, 0.4) is 0 Å². The molecule has 0 aromatic carbocycles. The molecule has 0 aromatic heterocycles. The van der Waals surface area contributed by atoms with Crippen LogP contribution in [0.15, 0.2) is 0 Å². The maximum Gasteiger partial charge on any atom is 1.00 e. The molecule has 0 saturated heterocycles. The number of hydrogen-bond acceptors (Lipinski definition) is 4. The van der Waals surface area contributed by atoms with Crippen molar-refractivity contribution in [3.8, 4) is 0 Å². The van der Waals surface area contributed by atoms with Crippen molar-refractivity contribution < 1.29 is 128 Å². The van der Waals surface area contributed by atoms with Gasteiger partial charge in [-0.05, 0) is 0 Å². The van der Waals surface area contributed by atoms with Crippen LogP contribution in [-0.2, 0) is 10.4 Å². The Bertz CT molecular complexity index is 222. The molecule has 0 aliphatic carbocycles. The predicted octanol–water partition coefficient (Wildman–Crippen LogP) is -5.58. The largest absolute Gasteiger partial charge is 1.00 e. The van der Waals surface area contributed by atoms with Crippen LogP contribution >= 0.6 is 0 Å². The smallest absolute Gasteiger partial charge is 0.759 e. The average molecular weight is 350 g/mol. The molecule has 0 bridgehead atoms. The van der Waals surface area contributed by atoms with Crippen LogP contribution in [0.2, 0.25) is 0 Å². The molecule has 0 aliphatic rings. The minimum atomic E-state index is -5.17. The second kappa shape index (κ2) is 27.4. The molecule has 0 aromatic rings. The molecule has 4 nitrogen and oxygen atoms in total. The number of rotatable bonds is 9. The zero-order valence-electron chi connectivity index (χ0n) is 13.8. The molecule has 0 spiro atoms. The zero-order valence-corrected chi connectivity index (χ0v) is 21.8. The molecule has 0 saturated carbocycles. The van der Waals surface area contributed by atoms with Crippen LogP contribution in [0.25, 0.3) is 0 Å². The Labute approximate surface area is 212 Å². The van der Waals surface area contributed by atoms with Gasteiger partial charge in [0.25, 0.3) is 0 Å². The Morgan fingerprint density at radius 1 is 0.800 bits per heavy atom. The molecule has 0 unspecified atom stereocenters. The van der Waals surface area contributed by atoms with Crippen molar-refractivity contribution >= 4 is 10.4 Å². The Hall–Kier alpha value is 3.51. The van der Waals surface area contributed by atoms with Crippen LogP contribution in [-0.4, -0.2) is 17.5 Å². The summed E-state index contributed by atoms with van der Waals surface area (Å²) in [6.45, 7) is 6.12. The average Bonchev–Trinajstić information content (AvgIpc) is 2.20. The fourth-order valence-electron chi connectivity index (χ4n) is 1.49. The molecule has 0 heterocycles. The third-order valence-corrected chi connectivity index (χ3v) is 2.35. The summed E-state index contributed by atoms with van der Waals surface area (Å²) >= 11 is 0. The van der Waals surface area contributed by atoms with Crippen molar-refractivity contribution in [2.24, 2.45) is 0 Å². The van der Waals surface area contributed by atoms with E-state index in [4.69, 9.17) is 17.5 Å². The van der Waals surface area contributed by atoms with E-state index >= 15 is 0 Å². The van der Waals surface area contributed by atoms with Gasteiger partial charge in [0.2, 0.25) is 0 Å². The van der Waals surface area contributed by atoms with Crippen LogP contribution in [0, 0.1) is 6.92 Å². The van der Waals surface area contributed by atoms with Crippen LogP contribution in [0.1, 0.15) is 71.1 Å². The Morgan fingerprint density at radius 3 is 1.30 bits per heavy atom. The predicted molar refractivity (Wildman–Crippen MR) is 67.7 cm³/mol. The van der Waals surface area contributed by atoms with Crippen molar-refractivity contribution in [2.75, 3.05) is 0 Å². The third kappa shape index (κ3) is 57.8. The Balaban J connectivity index is -0.0000000821. The van der Waals surface area contributed by atoms with E-state index in [9.17, 15) is 0 Å². The second-order valence-corrected chi connectivity index (χ2v) is 4.91. The van der Waals surface area contributed by atoms with E-state index in [1.54, 1.807) is 0 Å². The van der Waals surface area contributed by atoms with Gasteiger partial charge < -0.3 is 16.0 Å². The Morgan fingerprint density at radius 2 is 1.05 bits per heavy atom. The minimum absolute atomic E-state index is 0. The topological polar surface area (TPSA) is 80.3 Å². The number of hydrogen-bond donors (Lipinski definition) is 0. The quantitative estimate of drug-likeness (QED) is 0.137. The molecule has 0 fully saturated rings. The van der Waals surface area contributed by atoms with Crippen LogP contribution in [0.4, 0.5) is 0 Å². The summed E-state index contributed by atoms with van der Waals surface area (Å²) in [6.07, 6.45) is 13.9. The summed E-state index contributed by atoms with van der Waals surface area (Å²) in [4.78, 5) is 0. The minimum Gasteiger partial charge on any atom is -0.759 e. The van der Waals surface area contributed by atoms with E-state index in [0.29, 0.717) is 0 Å². The van der Waals surface area contributed by atoms with Gasteiger partial charge in [0.15, 0.2) is 0 Å². The molecule has 8 heteroatoms. The molecule has 106 valence electrons. The van der Waals surface area contributed by atoms with E-state index in [1.807, 2.05) is 0 Å². The van der Waals surface area contributed by atoms with E-state index in [0.717, 1.165) is 6.42 Å². The van der Waals surface area contributed by atoms with Crippen molar-refractivity contribution in [3.63, 3.8) is 0 Å². The first-order valence-corrected chi connectivity index (χ1v) is 7.71. The van der Waals surface area contributed by atoms with E-state index in [2.05, 4.69) is 13.8 Å².